The highest BCUT2D eigenvalue weighted by Crippen LogP contribution is 2.68. The molecule has 4 heteroatoms. The van der Waals surface area contributed by atoms with Gasteiger partial charge in [-0.15, -0.1) is 0 Å². The minimum Gasteiger partial charge on any atom is -0.458 e. The van der Waals surface area contributed by atoms with E-state index in [9.17, 15) is 15.0 Å². The SMILES string of the molecule is CC(C)CCC[C@@H](C)[C@H]1CC[C@H]2[C@@H]3[C@H](O)CC4C[C@@H](O)CC(OC(=O)c5ccccc5)[C@]4(C)[C@H]3CC[C@]12C. The molecule has 0 amide bonds. The number of hydrogen-bond acceptors (Lipinski definition) is 4. The second kappa shape index (κ2) is 10.9. The molecule has 0 saturated heterocycles. The van der Waals surface area contributed by atoms with Crippen LogP contribution in [0.1, 0.15) is 109 Å². The fourth-order valence-electron chi connectivity index (χ4n) is 10.2. The molecule has 38 heavy (non-hydrogen) atoms. The van der Waals surface area contributed by atoms with Crippen LogP contribution >= 0.6 is 0 Å². The number of aliphatic hydroxyl groups excluding tert-OH is 2. The summed E-state index contributed by atoms with van der Waals surface area (Å²) < 4.78 is 6.28. The molecule has 5 rings (SSSR count). The van der Waals surface area contributed by atoms with Gasteiger partial charge in [0.2, 0.25) is 0 Å². The van der Waals surface area contributed by atoms with Crippen LogP contribution in [0.3, 0.4) is 0 Å². The van der Waals surface area contributed by atoms with E-state index in [4.69, 9.17) is 4.74 Å². The van der Waals surface area contributed by atoms with E-state index >= 15 is 0 Å². The molecule has 2 N–H and O–H groups in total. The lowest BCUT2D eigenvalue weighted by Gasteiger charge is -2.63. The van der Waals surface area contributed by atoms with Crippen LogP contribution in [0.15, 0.2) is 30.3 Å². The van der Waals surface area contributed by atoms with Gasteiger partial charge in [-0.1, -0.05) is 72.1 Å². The van der Waals surface area contributed by atoms with E-state index in [1.807, 2.05) is 30.3 Å². The van der Waals surface area contributed by atoms with Crippen LogP contribution in [0, 0.1) is 52.3 Å². The lowest BCUT2D eigenvalue weighted by Crippen LogP contribution is -2.63. The Bertz CT molecular complexity index is 960. The van der Waals surface area contributed by atoms with E-state index in [2.05, 4.69) is 34.6 Å². The number of esters is 1. The summed E-state index contributed by atoms with van der Waals surface area (Å²) in [5.74, 6) is 3.24. The van der Waals surface area contributed by atoms with E-state index in [1.54, 1.807) is 0 Å². The summed E-state index contributed by atoms with van der Waals surface area (Å²) >= 11 is 0. The molecule has 0 heterocycles. The van der Waals surface area contributed by atoms with Crippen molar-refractivity contribution >= 4 is 5.97 Å². The third-order valence-corrected chi connectivity index (χ3v) is 12.2. The molecule has 0 spiro atoms. The number of hydrogen-bond donors (Lipinski definition) is 2. The number of aliphatic hydroxyl groups is 2. The second-order valence-electron chi connectivity index (χ2n) is 14.6. The molecule has 4 aliphatic rings. The minimum atomic E-state index is -0.484. The summed E-state index contributed by atoms with van der Waals surface area (Å²) in [7, 11) is 0. The molecule has 1 aromatic carbocycles. The fourth-order valence-corrected chi connectivity index (χ4v) is 10.2. The van der Waals surface area contributed by atoms with Crippen LogP contribution in [0.2, 0.25) is 0 Å². The summed E-state index contributed by atoms with van der Waals surface area (Å²) in [5, 5.41) is 22.5. The van der Waals surface area contributed by atoms with Gasteiger partial charge < -0.3 is 14.9 Å². The highest BCUT2D eigenvalue weighted by molar-refractivity contribution is 5.89. The van der Waals surface area contributed by atoms with E-state index in [0.29, 0.717) is 30.2 Å². The molecule has 11 atom stereocenters. The van der Waals surface area contributed by atoms with Crippen molar-refractivity contribution in [3.05, 3.63) is 35.9 Å². The zero-order chi connectivity index (χ0) is 27.2. The normalized spacial score (nSPS) is 43.2. The van der Waals surface area contributed by atoms with Gasteiger partial charge in [-0.2, -0.15) is 0 Å². The first-order chi connectivity index (χ1) is 18.1. The predicted molar refractivity (Wildman–Crippen MR) is 151 cm³/mol. The van der Waals surface area contributed by atoms with Crippen LogP contribution < -0.4 is 0 Å². The van der Waals surface area contributed by atoms with Crippen molar-refractivity contribution in [3.63, 3.8) is 0 Å². The molecule has 0 aromatic heterocycles. The summed E-state index contributed by atoms with van der Waals surface area (Å²) in [6.45, 7) is 12.0. The summed E-state index contributed by atoms with van der Waals surface area (Å²) in [6.07, 6.45) is 9.53. The highest BCUT2D eigenvalue weighted by atomic mass is 16.5. The van der Waals surface area contributed by atoms with Gasteiger partial charge in [-0.3, -0.25) is 0 Å². The van der Waals surface area contributed by atoms with Gasteiger partial charge in [0, 0.05) is 11.8 Å². The minimum absolute atomic E-state index is 0.174. The van der Waals surface area contributed by atoms with Gasteiger partial charge in [0.15, 0.2) is 0 Å². The van der Waals surface area contributed by atoms with E-state index in [0.717, 1.165) is 30.6 Å². The van der Waals surface area contributed by atoms with Crippen molar-refractivity contribution in [1.29, 1.82) is 0 Å². The van der Waals surface area contributed by atoms with Crippen molar-refractivity contribution in [2.45, 2.75) is 117 Å². The first-order valence-electron chi connectivity index (χ1n) is 15.7. The standard InChI is InChI=1S/C34H52O4/c1-21(2)10-9-11-22(3)26-14-15-27-31-28(16-17-33(26,27)4)34(5)24(19-29(31)36)18-25(35)20-30(34)38-32(37)23-12-7-6-8-13-23/h6-8,12-13,21-22,24-31,35-36H,9-11,14-20H2,1-5H3/t22-,24?,25-,26-,27+,28+,29-,30?,31+,33-,34+/m1/s1. The molecule has 0 radical (unpaired) electrons. The van der Waals surface area contributed by atoms with Gasteiger partial charge >= 0.3 is 5.97 Å². The van der Waals surface area contributed by atoms with E-state index in [-0.39, 0.29) is 40.8 Å². The summed E-state index contributed by atoms with van der Waals surface area (Å²) in [6, 6.07) is 9.26. The van der Waals surface area contributed by atoms with Crippen LogP contribution in [-0.2, 0) is 4.74 Å². The number of carbonyl (C=O) groups is 1. The Balaban J connectivity index is 1.38. The quantitative estimate of drug-likeness (QED) is 0.368. The Morgan fingerprint density at radius 1 is 0.974 bits per heavy atom. The number of benzene rings is 1. The van der Waals surface area contributed by atoms with Crippen molar-refractivity contribution in [2.24, 2.45) is 52.3 Å². The number of carbonyl (C=O) groups excluding carboxylic acids is 1. The molecule has 4 fully saturated rings. The van der Waals surface area contributed by atoms with Crippen LogP contribution in [0.4, 0.5) is 0 Å². The van der Waals surface area contributed by atoms with Crippen LogP contribution in [0.25, 0.3) is 0 Å². The smallest absolute Gasteiger partial charge is 0.338 e. The van der Waals surface area contributed by atoms with Crippen LogP contribution in [-0.4, -0.2) is 34.5 Å². The zero-order valence-electron chi connectivity index (χ0n) is 24.4. The summed E-state index contributed by atoms with van der Waals surface area (Å²) in [5.41, 5.74) is 0.643. The highest BCUT2D eigenvalue weighted by Gasteiger charge is 2.65. The molecule has 212 valence electrons. The van der Waals surface area contributed by atoms with Crippen molar-refractivity contribution in [2.75, 3.05) is 0 Å². The maximum Gasteiger partial charge on any atom is 0.338 e. The summed E-state index contributed by atoms with van der Waals surface area (Å²) in [4.78, 5) is 13.2. The maximum absolute atomic E-state index is 13.2. The van der Waals surface area contributed by atoms with Gasteiger partial charge in [0.1, 0.15) is 6.10 Å². The average Bonchev–Trinajstić information content (AvgIpc) is 3.23. The van der Waals surface area contributed by atoms with Crippen LogP contribution in [0.5, 0.6) is 0 Å². The van der Waals surface area contributed by atoms with Gasteiger partial charge in [-0.05, 0) is 97.5 Å². The lowest BCUT2D eigenvalue weighted by atomic mass is 9.43. The zero-order valence-corrected chi connectivity index (χ0v) is 24.4. The number of fused-ring (bicyclic) bond motifs is 5. The number of rotatable bonds is 7. The van der Waals surface area contributed by atoms with Crippen molar-refractivity contribution < 1.29 is 19.7 Å². The molecule has 1 aromatic rings. The van der Waals surface area contributed by atoms with E-state index in [1.165, 1.54) is 38.5 Å². The Labute approximate surface area is 230 Å². The molecular weight excluding hydrogens is 472 g/mol. The Morgan fingerprint density at radius 2 is 1.71 bits per heavy atom. The average molecular weight is 525 g/mol. The van der Waals surface area contributed by atoms with Crippen molar-refractivity contribution in [1.82, 2.24) is 0 Å². The first-order valence-corrected chi connectivity index (χ1v) is 15.7. The Kier molecular flexibility index (Phi) is 8.06. The first kappa shape index (κ1) is 28.1. The monoisotopic (exact) mass is 524 g/mol. The molecule has 2 unspecified atom stereocenters. The van der Waals surface area contributed by atoms with Crippen molar-refractivity contribution in [3.8, 4) is 0 Å². The Morgan fingerprint density at radius 3 is 2.42 bits per heavy atom. The second-order valence-corrected chi connectivity index (χ2v) is 14.6. The van der Waals surface area contributed by atoms with Gasteiger partial charge in [0.05, 0.1) is 17.8 Å². The van der Waals surface area contributed by atoms with E-state index < -0.39 is 6.10 Å². The van der Waals surface area contributed by atoms with Gasteiger partial charge in [-0.25, -0.2) is 4.79 Å². The largest absolute Gasteiger partial charge is 0.458 e. The Hall–Kier alpha value is -1.39. The topological polar surface area (TPSA) is 66.8 Å². The lowest BCUT2D eigenvalue weighted by molar-refractivity contribution is -0.212. The third-order valence-electron chi connectivity index (χ3n) is 12.2. The molecule has 4 saturated carbocycles. The third kappa shape index (κ3) is 4.87. The maximum atomic E-state index is 13.2. The van der Waals surface area contributed by atoms with Gasteiger partial charge in [0.25, 0.3) is 0 Å². The fraction of sp³-hybridized carbons (Fsp3) is 0.794. The molecule has 0 aliphatic heterocycles. The number of ether oxygens (including phenoxy) is 1. The molecule has 0 bridgehead atoms. The predicted octanol–water partition coefficient (Wildman–Crippen LogP) is 7.27. The molecular formula is C34H52O4. The molecule has 4 nitrogen and oxygen atoms in total. The molecule has 4 aliphatic carbocycles.